The highest BCUT2D eigenvalue weighted by Gasteiger charge is 2.33. The van der Waals surface area contributed by atoms with Crippen LogP contribution >= 0.6 is 15.9 Å². The van der Waals surface area contributed by atoms with Crippen LogP contribution in [-0.2, 0) is 0 Å². The Bertz CT molecular complexity index is 2120. The largest absolute Gasteiger partial charge is 0.114 e. The monoisotopic (exact) mass is 722 g/mol. The number of fused-ring (bicyclic) bond motifs is 5. The summed E-state index contributed by atoms with van der Waals surface area (Å²) < 4.78 is 1.12. The van der Waals surface area contributed by atoms with Gasteiger partial charge >= 0.3 is 0 Å². The summed E-state index contributed by atoms with van der Waals surface area (Å²) in [6.07, 6.45) is 5.08. The zero-order valence-corrected chi connectivity index (χ0v) is 34.1. The quantitative estimate of drug-likeness (QED) is 0.110. The van der Waals surface area contributed by atoms with Gasteiger partial charge in [0.15, 0.2) is 0 Å². The van der Waals surface area contributed by atoms with Crippen molar-refractivity contribution in [3.05, 3.63) is 111 Å². The molecule has 0 bridgehead atoms. The minimum atomic E-state index is 0.339. The molecule has 0 heterocycles. The predicted octanol–water partition coefficient (Wildman–Crippen LogP) is 14.3. The number of hydrogen-bond donors (Lipinski definition) is 0. The standard InChI is InChI=1S/C48H56BBr/c1-25(2)33-19-37(27(5)6)47(38(20-33)28(7)8)31-13-15-35-41(17-31)44-24-46(50)36-16-14-32(18-42(36)43(44)23-45(35)49)48-39(29(9)10)21-34(26(3)4)22-40(48)30(11)12/h13-30,37,47H,1-12H3. The van der Waals surface area contributed by atoms with E-state index in [0.717, 1.165) is 15.3 Å². The summed E-state index contributed by atoms with van der Waals surface area (Å²) in [6, 6.07) is 23.7. The first-order chi connectivity index (χ1) is 23.6. The number of rotatable bonds is 8. The molecule has 2 radical (unpaired) electrons. The average molecular weight is 724 g/mol. The Balaban J connectivity index is 1.63. The summed E-state index contributed by atoms with van der Waals surface area (Å²) in [5, 5.41) is 7.29. The summed E-state index contributed by atoms with van der Waals surface area (Å²) in [6.45, 7) is 28.1. The third-order valence-electron chi connectivity index (χ3n) is 11.4. The smallest absolute Gasteiger partial charge is 0.0883 e. The van der Waals surface area contributed by atoms with Crippen molar-refractivity contribution >= 4 is 61.6 Å². The minimum absolute atomic E-state index is 0.339. The van der Waals surface area contributed by atoms with Crippen LogP contribution in [0.3, 0.4) is 0 Å². The summed E-state index contributed by atoms with van der Waals surface area (Å²) in [5.41, 5.74) is 12.2. The lowest BCUT2D eigenvalue weighted by Crippen LogP contribution is -2.25. The second-order valence-corrected chi connectivity index (χ2v) is 17.8. The third kappa shape index (κ3) is 6.56. The highest BCUT2D eigenvalue weighted by atomic mass is 79.9. The van der Waals surface area contributed by atoms with Crippen LogP contribution in [0.2, 0.25) is 0 Å². The van der Waals surface area contributed by atoms with E-state index in [1.807, 2.05) is 0 Å². The Morgan fingerprint density at radius 3 is 1.70 bits per heavy atom. The van der Waals surface area contributed by atoms with Gasteiger partial charge in [-0.05, 0) is 131 Å². The zero-order chi connectivity index (χ0) is 36.3. The molecule has 2 unspecified atom stereocenters. The predicted molar refractivity (Wildman–Crippen MR) is 227 cm³/mol. The lowest BCUT2D eigenvalue weighted by molar-refractivity contribution is 0.391. The van der Waals surface area contributed by atoms with Crippen LogP contribution in [-0.4, -0.2) is 7.85 Å². The molecule has 0 spiro atoms. The van der Waals surface area contributed by atoms with Gasteiger partial charge in [0.1, 0.15) is 7.85 Å². The van der Waals surface area contributed by atoms with Crippen LogP contribution in [0.25, 0.3) is 43.4 Å². The molecule has 0 nitrogen and oxygen atoms in total. The van der Waals surface area contributed by atoms with E-state index in [1.165, 1.54) is 65.9 Å². The molecule has 1 aliphatic carbocycles. The van der Waals surface area contributed by atoms with Gasteiger partial charge < -0.3 is 0 Å². The van der Waals surface area contributed by atoms with Gasteiger partial charge in [0.25, 0.3) is 0 Å². The topological polar surface area (TPSA) is 0 Å². The molecule has 0 aliphatic heterocycles. The van der Waals surface area contributed by atoms with Gasteiger partial charge in [-0.25, -0.2) is 0 Å². The summed E-state index contributed by atoms with van der Waals surface area (Å²) in [4.78, 5) is 0. The molecule has 2 atom stereocenters. The Morgan fingerprint density at radius 1 is 0.560 bits per heavy atom. The first-order valence-electron chi connectivity index (χ1n) is 19.1. The van der Waals surface area contributed by atoms with Crippen LogP contribution in [0, 0.1) is 23.7 Å². The Kier molecular flexibility index (Phi) is 10.4. The van der Waals surface area contributed by atoms with E-state index in [4.69, 9.17) is 7.85 Å². The van der Waals surface area contributed by atoms with Gasteiger partial charge in [0, 0.05) is 10.4 Å². The first kappa shape index (κ1) is 36.7. The third-order valence-corrected chi connectivity index (χ3v) is 12.1. The zero-order valence-electron chi connectivity index (χ0n) is 32.5. The van der Waals surface area contributed by atoms with E-state index >= 15 is 0 Å². The van der Waals surface area contributed by atoms with Crippen LogP contribution in [0.1, 0.15) is 129 Å². The van der Waals surface area contributed by atoms with Crippen LogP contribution in [0.5, 0.6) is 0 Å². The van der Waals surface area contributed by atoms with Gasteiger partial charge in [-0.15, -0.1) is 0 Å². The average Bonchev–Trinajstić information content (AvgIpc) is 3.07. The van der Waals surface area contributed by atoms with Gasteiger partial charge in [0.2, 0.25) is 0 Å². The lowest BCUT2D eigenvalue weighted by atomic mass is 9.67. The van der Waals surface area contributed by atoms with E-state index in [-0.39, 0.29) is 0 Å². The van der Waals surface area contributed by atoms with Crippen molar-refractivity contribution in [2.24, 2.45) is 23.7 Å². The highest BCUT2D eigenvalue weighted by Crippen LogP contribution is 2.47. The molecule has 0 saturated heterocycles. The summed E-state index contributed by atoms with van der Waals surface area (Å²) in [5.74, 6) is 3.62. The molecule has 1 aliphatic rings. The van der Waals surface area contributed by atoms with Crippen molar-refractivity contribution in [2.45, 2.75) is 107 Å². The fraction of sp³-hybridized carbons (Fsp3) is 0.417. The molecule has 5 aromatic carbocycles. The number of halogens is 1. The maximum Gasteiger partial charge on any atom is 0.114 e. The second-order valence-electron chi connectivity index (χ2n) is 16.9. The molecule has 2 heteroatoms. The normalized spacial score (nSPS) is 17.1. The molecule has 0 amide bonds. The fourth-order valence-electron chi connectivity index (χ4n) is 8.44. The number of hydrogen-bond acceptors (Lipinski definition) is 0. The molecule has 0 aromatic heterocycles. The molecule has 0 fully saturated rings. The van der Waals surface area contributed by atoms with Crippen molar-refractivity contribution in [1.82, 2.24) is 0 Å². The highest BCUT2D eigenvalue weighted by molar-refractivity contribution is 9.10. The summed E-state index contributed by atoms with van der Waals surface area (Å²) in [7, 11) is 6.97. The van der Waals surface area contributed by atoms with E-state index in [1.54, 1.807) is 5.57 Å². The molecule has 6 rings (SSSR count). The van der Waals surface area contributed by atoms with E-state index in [2.05, 4.69) is 172 Å². The number of benzene rings is 5. The van der Waals surface area contributed by atoms with Gasteiger partial charge in [-0.1, -0.05) is 165 Å². The molecule has 0 saturated carbocycles. The van der Waals surface area contributed by atoms with Crippen LogP contribution < -0.4 is 5.46 Å². The molecule has 258 valence electrons. The molecular weight excluding hydrogens is 667 g/mol. The Hall–Kier alpha value is -3.10. The van der Waals surface area contributed by atoms with Gasteiger partial charge in [-0.2, -0.15) is 0 Å². The molecule has 5 aromatic rings. The molecule has 0 N–H and O–H groups in total. The van der Waals surface area contributed by atoms with Crippen molar-refractivity contribution in [3.8, 4) is 11.1 Å². The lowest BCUT2D eigenvalue weighted by Gasteiger charge is -2.37. The van der Waals surface area contributed by atoms with Gasteiger partial charge in [-0.3, -0.25) is 0 Å². The maximum absolute atomic E-state index is 6.97. The van der Waals surface area contributed by atoms with E-state index in [9.17, 15) is 0 Å². The fourth-order valence-corrected chi connectivity index (χ4v) is 9.01. The Labute approximate surface area is 312 Å². The second kappa shape index (κ2) is 14.1. The van der Waals surface area contributed by atoms with Crippen molar-refractivity contribution in [1.29, 1.82) is 0 Å². The van der Waals surface area contributed by atoms with Crippen molar-refractivity contribution in [3.63, 3.8) is 0 Å². The van der Waals surface area contributed by atoms with E-state index in [0.29, 0.717) is 47.3 Å². The van der Waals surface area contributed by atoms with Crippen LogP contribution in [0.4, 0.5) is 0 Å². The Morgan fingerprint density at radius 2 is 1.14 bits per heavy atom. The van der Waals surface area contributed by atoms with E-state index < -0.39 is 0 Å². The summed E-state index contributed by atoms with van der Waals surface area (Å²) >= 11 is 4.03. The molecular formula is C48H56BBr. The first-order valence-corrected chi connectivity index (χ1v) is 19.9. The number of allylic oxidation sites excluding steroid dienone is 4. The molecule has 50 heavy (non-hydrogen) atoms. The van der Waals surface area contributed by atoms with Crippen molar-refractivity contribution < 1.29 is 0 Å². The minimum Gasteiger partial charge on any atom is -0.0883 e. The van der Waals surface area contributed by atoms with Crippen LogP contribution in [0.15, 0.2) is 88.4 Å². The van der Waals surface area contributed by atoms with Crippen molar-refractivity contribution in [2.75, 3.05) is 0 Å². The maximum atomic E-state index is 6.97. The SMILES string of the molecule is [B]c1cc2c3cc(-c4c(C(C)C)cc(C(C)C)cc4C(C)C)ccc3c(Br)cc2c2cc(C3C(C(C)C)=CC(C(C)C)=CC3C(C)C)ccc12. The van der Waals surface area contributed by atoms with Gasteiger partial charge in [0.05, 0.1) is 0 Å².